The molecule has 0 atom stereocenters. The van der Waals surface area contributed by atoms with Crippen molar-refractivity contribution in [3.63, 3.8) is 0 Å². The summed E-state index contributed by atoms with van der Waals surface area (Å²) in [7, 11) is 0. The van der Waals surface area contributed by atoms with Crippen molar-refractivity contribution in [2.75, 3.05) is 11.9 Å². The Labute approximate surface area is 146 Å². The van der Waals surface area contributed by atoms with E-state index in [0.717, 1.165) is 24.3 Å². The third-order valence-electron chi connectivity index (χ3n) is 3.61. The number of aromatic amines is 1. The zero-order valence-electron chi connectivity index (χ0n) is 13.4. The van der Waals surface area contributed by atoms with Crippen LogP contribution in [-0.2, 0) is 6.18 Å². The number of rotatable bonds is 5. The van der Waals surface area contributed by atoms with E-state index in [4.69, 9.17) is 4.74 Å². The van der Waals surface area contributed by atoms with Crippen LogP contribution in [-0.4, -0.2) is 22.7 Å². The van der Waals surface area contributed by atoms with Gasteiger partial charge in [-0.05, 0) is 42.5 Å². The average Bonchev–Trinajstić information content (AvgIpc) is 3.01. The summed E-state index contributed by atoms with van der Waals surface area (Å²) in [5.74, 6) is 0.266. The molecule has 134 valence electrons. The summed E-state index contributed by atoms with van der Waals surface area (Å²) in [6.45, 7) is 3.90. The van der Waals surface area contributed by atoms with Crippen molar-refractivity contribution in [3.05, 3.63) is 66.2 Å². The Balaban J connectivity index is 1.81. The van der Waals surface area contributed by atoms with Crippen LogP contribution >= 0.6 is 0 Å². The third kappa shape index (κ3) is 3.69. The van der Waals surface area contributed by atoms with Gasteiger partial charge in [-0.3, -0.25) is 9.89 Å². The molecule has 1 heterocycles. The Hall–Kier alpha value is -3.29. The van der Waals surface area contributed by atoms with Gasteiger partial charge in [0.2, 0.25) is 0 Å². The fourth-order valence-corrected chi connectivity index (χ4v) is 2.32. The number of nitrogens with zero attached hydrogens (tertiary/aromatic N) is 1. The van der Waals surface area contributed by atoms with Crippen molar-refractivity contribution >= 4 is 22.6 Å². The molecule has 3 rings (SSSR count). The highest BCUT2D eigenvalue weighted by Gasteiger charge is 2.30. The predicted octanol–water partition coefficient (Wildman–Crippen LogP) is 4.40. The number of hydrogen-bond donors (Lipinski definition) is 2. The van der Waals surface area contributed by atoms with Crippen LogP contribution in [0.25, 0.3) is 10.9 Å². The first kappa shape index (κ1) is 17.5. The minimum atomic E-state index is -4.45. The largest absolute Gasteiger partial charge is 0.490 e. The van der Waals surface area contributed by atoms with E-state index in [-0.39, 0.29) is 11.4 Å². The molecule has 0 saturated carbocycles. The molecule has 5 nitrogen and oxygen atoms in total. The highest BCUT2D eigenvalue weighted by Crippen LogP contribution is 2.29. The molecule has 0 fully saturated rings. The molecule has 0 radical (unpaired) electrons. The van der Waals surface area contributed by atoms with Crippen molar-refractivity contribution in [1.82, 2.24) is 10.2 Å². The Bertz CT molecular complexity index is 946. The number of benzene rings is 2. The minimum absolute atomic E-state index is 0.0909. The molecule has 3 aromatic rings. The lowest BCUT2D eigenvalue weighted by atomic mass is 10.1. The number of hydrogen-bond acceptors (Lipinski definition) is 3. The van der Waals surface area contributed by atoms with Gasteiger partial charge < -0.3 is 10.1 Å². The molecule has 2 N–H and O–H groups in total. The van der Waals surface area contributed by atoms with Crippen molar-refractivity contribution in [2.45, 2.75) is 6.18 Å². The Kier molecular flexibility index (Phi) is 4.66. The first-order chi connectivity index (χ1) is 12.4. The van der Waals surface area contributed by atoms with E-state index < -0.39 is 17.6 Å². The predicted molar refractivity (Wildman–Crippen MR) is 91.2 cm³/mol. The fourth-order valence-electron chi connectivity index (χ4n) is 2.32. The van der Waals surface area contributed by atoms with Gasteiger partial charge in [0.15, 0.2) is 5.82 Å². The molecule has 8 heteroatoms. The lowest BCUT2D eigenvalue weighted by Gasteiger charge is -2.08. The highest BCUT2D eigenvalue weighted by molar-refractivity contribution is 6.08. The summed E-state index contributed by atoms with van der Waals surface area (Å²) < 4.78 is 43.2. The number of aromatic nitrogens is 2. The van der Waals surface area contributed by atoms with E-state index in [1.807, 2.05) is 0 Å². The number of alkyl halides is 3. The molecule has 2 aromatic carbocycles. The standard InChI is InChI=1S/C18H14F3N3O2/c1-2-9-26-13-7-8-15-14(10-13)16(24-23-15)22-17(25)11-3-5-12(6-4-11)18(19,20)21/h2-8,10H,1,9H2,(H2,22,23,24,25). The van der Waals surface area contributed by atoms with Crippen LogP contribution in [0.5, 0.6) is 5.75 Å². The average molecular weight is 361 g/mol. The summed E-state index contributed by atoms with van der Waals surface area (Å²) in [6.07, 6.45) is -2.85. The number of fused-ring (bicyclic) bond motifs is 1. The molecule has 0 bridgehead atoms. The number of amides is 1. The van der Waals surface area contributed by atoms with Crippen molar-refractivity contribution in [2.24, 2.45) is 0 Å². The minimum Gasteiger partial charge on any atom is -0.490 e. The van der Waals surface area contributed by atoms with E-state index in [2.05, 4.69) is 22.1 Å². The van der Waals surface area contributed by atoms with Gasteiger partial charge in [0, 0.05) is 10.9 Å². The number of carbonyl (C=O) groups excluding carboxylic acids is 1. The van der Waals surface area contributed by atoms with Gasteiger partial charge in [-0.2, -0.15) is 18.3 Å². The first-order valence-corrected chi connectivity index (χ1v) is 7.59. The summed E-state index contributed by atoms with van der Waals surface area (Å²) >= 11 is 0. The number of H-pyrrole nitrogens is 1. The Morgan fingerprint density at radius 3 is 2.62 bits per heavy atom. The summed E-state index contributed by atoms with van der Waals surface area (Å²) in [6, 6.07) is 9.14. The maximum absolute atomic E-state index is 12.6. The smallest absolute Gasteiger partial charge is 0.416 e. The number of anilines is 1. The molecule has 0 aliphatic rings. The molecule has 0 spiro atoms. The molecule has 26 heavy (non-hydrogen) atoms. The van der Waals surface area contributed by atoms with Gasteiger partial charge in [0.05, 0.1) is 11.1 Å². The van der Waals surface area contributed by atoms with Crippen molar-refractivity contribution < 1.29 is 22.7 Å². The van der Waals surface area contributed by atoms with Crippen molar-refractivity contribution in [3.8, 4) is 5.75 Å². The Morgan fingerprint density at radius 2 is 1.96 bits per heavy atom. The molecule has 0 aliphatic heterocycles. The quantitative estimate of drug-likeness (QED) is 0.662. The normalized spacial score (nSPS) is 11.3. The number of nitrogens with one attached hydrogen (secondary N) is 2. The van der Waals surface area contributed by atoms with Crippen LogP contribution < -0.4 is 10.1 Å². The van der Waals surface area contributed by atoms with Crippen LogP contribution in [0, 0.1) is 0 Å². The molecule has 0 unspecified atom stereocenters. The third-order valence-corrected chi connectivity index (χ3v) is 3.61. The number of carbonyl (C=O) groups is 1. The monoisotopic (exact) mass is 361 g/mol. The van der Waals surface area contributed by atoms with Gasteiger partial charge in [-0.25, -0.2) is 0 Å². The lowest BCUT2D eigenvalue weighted by Crippen LogP contribution is -2.13. The molecule has 0 saturated heterocycles. The summed E-state index contributed by atoms with van der Waals surface area (Å²) in [5.41, 5.74) is -0.0461. The SMILES string of the molecule is C=CCOc1ccc2[nH]nc(NC(=O)c3ccc(C(F)(F)F)cc3)c2c1. The lowest BCUT2D eigenvalue weighted by molar-refractivity contribution is -0.137. The number of ether oxygens (including phenoxy) is 1. The fraction of sp³-hybridized carbons (Fsp3) is 0.111. The second kappa shape index (κ2) is 6.91. The molecular formula is C18H14F3N3O2. The second-order valence-electron chi connectivity index (χ2n) is 5.41. The van der Waals surface area contributed by atoms with E-state index >= 15 is 0 Å². The van der Waals surface area contributed by atoms with E-state index in [1.165, 1.54) is 0 Å². The molecule has 0 aliphatic carbocycles. The Morgan fingerprint density at radius 1 is 1.23 bits per heavy atom. The van der Waals surface area contributed by atoms with E-state index in [9.17, 15) is 18.0 Å². The van der Waals surface area contributed by atoms with Gasteiger partial charge in [0.25, 0.3) is 5.91 Å². The highest BCUT2D eigenvalue weighted by atomic mass is 19.4. The maximum Gasteiger partial charge on any atom is 0.416 e. The van der Waals surface area contributed by atoms with Crippen LogP contribution in [0.1, 0.15) is 15.9 Å². The first-order valence-electron chi connectivity index (χ1n) is 7.59. The van der Waals surface area contributed by atoms with Crippen LogP contribution in [0.3, 0.4) is 0 Å². The second-order valence-corrected chi connectivity index (χ2v) is 5.41. The molecular weight excluding hydrogens is 347 g/mol. The number of halogens is 3. The molecule has 1 amide bonds. The van der Waals surface area contributed by atoms with E-state index in [1.54, 1.807) is 24.3 Å². The molecule has 1 aromatic heterocycles. The zero-order chi connectivity index (χ0) is 18.7. The van der Waals surface area contributed by atoms with Gasteiger partial charge >= 0.3 is 6.18 Å². The van der Waals surface area contributed by atoms with Gasteiger partial charge in [0.1, 0.15) is 12.4 Å². The van der Waals surface area contributed by atoms with E-state index in [0.29, 0.717) is 23.3 Å². The van der Waals surface area contributed by atoms with Crippen molar-refractivity contribution in [1.29, 1.82) is 0 Å². The van der Waals surface area contributed by atoms with Gasteiger partial charge in [-0.15, -0.1) is 0 Å². The van der Waals surface area contributed by atoms with Crippen LogP contribution in [0.4, 0.5) is 19.0 Å². The van der Waals surface area contributed by atoms with Gasteiger partial charge in [-0.1, -0.05) is 12.7 Å². The van der Waals surface area contributed by atoms with Crippen LogP contribution in [0.2, 0.25) is 0 Å². The summed E-state index contributed by atoms with van der Waals surface area (Å²) in [4.78, 5) is 12.3. The topological polar surface area (TPSA) is 67.0 Å². The maximum atomic E-state index is 12.6. The van der Waals surface area contributed by atoms with Crippen LogP contribution in [0.15, 0.2) is 55.1 Å². The zero-order valence-corrected chi connectivity index (χ0v) is 13.4. The summed E-state index contributed by atoms with van der Waals surface area (Å²) in [5, 5.41) is 10.00.